The van der Waals surface area contributed by atoms with Gasteiger partial charge >= 0.3 is 4.87 Å². The number of carbonyl (C=O) groups excluding carboxylic acids is 1. The maximum Gasteiger partial charge on any atom is 0.307 e. The highest BCUT2D eigenvalue weighted by molar-refractivity contribution is 7.07. The minimum absolute atomic E-state index is 0.0453. The second-order valence-electron chi connectivity index (χ2n) is 3.29. The lowest BCUT2D eigenvalue weighted by Crippen LogP contribution is -2.18. The summed E-state index contributed by atoms with van der Waals surface area (Å²) in [7, 11) is 1.85. The van der Waals surface area contributed by atoms with Gasteiger partial charge in [0.05, 0.1) is 6.54 Å². The lowest BCUT2D eigenvalue weighted by Gasteiger charge is -1.98. The van der Waals surface area contributed by atoms with Crippen molar-refractivity contribution in [2.75, 3.05) is 0 Å². The summed E-state index contributed by atoms with van der Waals surface area (Å²) in [4.78, 5) is 22.8. The van der Waals surface area contributed by atoms with Gasteiger partial charge in [-0.2, -0.15) is 0 Å². The van der Waals surface area contributed by atoms with Crippen molar-refractivity contribution < 1.29 is 4.79 Å². The van der Waals surface area contributed by atoms with Crippen molar-refractivity contribution in [2.24, 2.45) is 7.05 Å². The lowest BCUT2D eigenvalue weighted by atomic mass is 10.2. The van der Waals surface area contributed by atoms with E-state index in [1.807, 2.05) is 17.8 Å². The predicted molar refractivity (Wildman–Crippen MR) is 58.3 cm³/mol. The summed E-state index contributed by atoms with van der Waals surface area (Å²) >= 11 is 1.10. The Labute approximate surface area is 90.4 Å². The molecule has 5 heteroatoms. The van der Waals surface area contributed by atoms with Gasteiger partial charge in [-0.3, -0.25) is 14.2 Å². The average Bonchev–Trinajstić information content (AvgIpc) is 2.77. The van der Waals surface area contributed by atoms with Gasteiger partial charge in [0, 0.05) is 36.6 Å². The SMILES string of the molecule is Cn1ccc(C(=O)Cn2ccsc2=O)c1. The molecule has 78 valence electrons. The number of nitrogens with zero attached hydrogens (tertiary/aromatic N) is 2. The van der Waals surface area contributed by atoms with Gasteiger partial charge < -0.3 is 4.57 Å². The van der Waals surface area contributed by atoms with E-state index < -0.39 is 0 Å². The Morgan fingerprint density at radius 1 is 1.47 bits per heavy atom. The number of Topliss-reactive ketones (excluding diaryl/α,β-unsaturated/α-hetero) is 1. The molecule has 15 heavy (non-hydrogen) atoms. The van der Waals surface area contributed by atoms with Gasteiger partial charge in [-0.15, -0.1) is 0 Å². The molecule has 2 aromatic rings. The summed E-state index contributed by atoms with van der Waals surface area (Å²) in [6, 6.07) is 1.75. The molecule has 0 aliphatic heterocycles. The quantitative estimate of drug-likeness (QED) is 0.731. The van der Waals surface area contributed by atoms with Crippen LogP contribution in [0.2, 0.25) is 0 Å². The Kier molecular flexibility index (Phi) is 2.55. The summed E-state index contributed by atoms with van der Waals surface area (Å²) in [5.41, 5.74) is 0.635. The minimum Gasteiger partial charge on any atom is -0.357 e. The smallest absolute Gasteiger partial charge is 0.307 e. The molecule has 0 saturated heterocycles. The number of aryl methyl sites for hydroxylation is 1. The topological polar surface area (TPSA) is 44.0 Å². The zero-order valence-corrected chi connectivity index (χ0v) is 9.03. The van der Waals surface area contributed by atoms with Gasteiger partial charge in [0.1, 0.15) is 0 Å². The van der Waals surface area contributed by atoms with Crippen molar-refractivity contribution in [3.05, 3.63) is 45.3 Å². The van der Waals surface area contributed by atoms with Crippen LogP contribution in [0, 0.1) is 0 Å². The van der Waals surface area contributed by atoms with E-state index in [-0.39, 0.29) is 17.2 Å². The lowest BCUT2D eigenvalue weighted by molar-refractivity contribution is 0.0971. The minimum atomic E-state index is -0.0979. The van der Waals surface area contributed by atoms with E-state index in [0.717, 1.165) is 11.3 Å². The van der Waals surface area contributed by atoms with Crippen LogP contribution in [-0.2, 0) is 13.6 Å². The molecular formula is C10H10N2O2S. The molecule has 2 rings (SSSR count). The molecule has 0 fully saturated rings. The van der Waals surface area contributed by atoms with Crippen LogP contribution in [0.3, 0.4) is 0 Å². The second kappa shape index (κ2) is 3.86. The molecule has 0 aromatic carbocycles. The molecule has 0 N–H and O–H groups in total. The van der Waals surface area contributed by atoms with Crippen LogP contribution in [0.1, 0.15) is 10.4 Å². The van der Waals surface area contributed by atoms with Gasteiger partial charge in [0.2, 0.25) is 0 Å². The summed E-state index contributed by atoms with van der Waals surface area (Å²) < 4.78 is 3.23. The standard InChI is InChI=1S/C10H10N2O2S/c1-11-3-2-8(6-11)9(13)7-12-4-5-15-10(12)14/h2-6H,7H2,1H3. The van der Waals surface area contributed by atoms with Crippen molar-refractivity contribution in [3.63, 3.8) is 0 Å². The van der Waals surface area contributed by atoms with Gasteiger partial charge in [-0.25, -0.2) is 0 Å². The number of ketones is 1. The molecule has 0 spiro atoms. The summed E-state index contributed by atoms with van der Waals surface area (Å²) in [6.07, 6.45) is 5.19. The fourth-order valence-electron chi connectivity index (χ4n) is 1.32. The predicted octanol–water partition coefficient (Wildman–Crippen LogP) is 1.13. The van der Waals surface area contributed by atoms with E-state index >= 15 is 0 Å². The fraction of sp³-hybridized carbons (Fsp3) is 0.200. The first-order valence-corrected chi connectivity index (χ1v) is 5.34. The number of carbonyl (C=O) groups is 1. The van der Waals surface area contributed by atoms with Crippen molar-refractivity contribution in [2.45, 2.75) is 6.54 Å². The van der Waals surface area contributed by atoms with E-state index in [4.69, 9.17) is 0 Å². The zero-order valence-electron chi connectivity index (χ0n) is 8.21. The number of rotatable bonds is 3. The van der Waals surface area contributed by atoms with Crippen LogP contribution in [0.4, 0.5) is 0 Å². The normalized spacial score (nSPS) is 10.5. The van der Waals surface area contributed by atoms with Crippen LogP contribution in [-0.4, -0.2) is 14.9 Å². The number of hydrogen-bond acceptors (Lipinski definition) is 3. The van der Waals surface area contributed by atoms with Crippen molar-refractivity contribution in [1.82, 2.24) is 9.13 Å². The molecule has 2 heterocycles. The molecule has 0 aliphatic rings. The monoisotopic (exact) mass is 222 g/mol. The first kappa shape index (κ1) is 9.92. The van der Waals surface area contributed by atoms with Gasteiger partial charge in [0.25, 0.3) is 0 Å². The third-order valence-corrected chi connectivity index (χ3v) is 2.81. The molecule has 0 bridgehead atoms. The first-order valence-electron chi connectivity index (χ1n) is 4.46. The summed E-state index contributed by atoms with van der Waals surface area (Å²) in [6.45, 7) is 0.117. The second-order valence-corrected chi connectivity index (χ2v) is 4.14. The van der Waals surface area contributed by atoms with Crippen molar-refractivity contribution in [3.8, 4) is 0 Å². The van der Waals surface area contributed by atoms with E-state index in [1.54, 1.807) is 23.8 Å². The number of aromatic nitrogens is 2. The van der Waals surface area contributed by atoms with E-state index in [2.05, 4.69) is 0 Å². The van der Waals surface area contributed by atoms with Crippen LogP contribution >= 0.6 is 11.3 Å². The van der Waals surface area contributed by atoms with Crippen molar-refractivity contribution in [1.29, 1.82) is 0 Å². The van der Waals surface area contributed by atoms with Crippen LogP contribution in [0.15, 0.2) is 34.8 Å². The highest BCUT2D eigenvalue weighted by atomic mass is 32.1. The Hall–Kier alpha value is -1.62. The van der Waals surface area contributed by atoms with E-state index in [1.165, 1.54) is 4.57 Å². The maximum absolute atomic E-state index is 11.7. The molecule has 0 radical (unpaired) electrons. The van der Waals surface area contributed by atoms with Crippen LogP contribution in [0.5, 0.6) is 0 Å². The maximum atomic E-state index is 11.7. The number of hydrogen-bond donors (Lipinski definition) is 0. The third kappa shape index (κ3) is 2.07. The van der Waals surface area contributed by atoms with Gasteiger partial charge in [-0.1, -0.05) is 11.3 Å². The first-order chi connectivity index (χ1) is 7.16. The molecule has 0 amide bonds. The molecule has 4 nitrogen and oxygen atoms in total. The molecule has 0 aliphatic carbocycles. The number of thiazole rings is 1. The molecule has 0 atom stereocenters. The van der Waals surface area contributed by atoms with Crippen LogP contribution < -0.4 is 4.87 Å². The fourth-order valence-corrected chi connectivity index (χ4v) is 1.91. The Morgan fingerprint density at radius 3 is 2.80 bits per heavy atom. The third-order valence-electron chi connectivity index (χ3n) is 2.11. The van der Waals surface area contributed by atoms with Gasteiger partial charge in [-0.05, 0) is 6.07 Å². The molecule has 0 unspecified atom stereocenters. The Morgan fingerprint density at radius 2 is 2.27 bits per heavy atom. The van der Waals surface area contributed by atoms with E-state index in [9.17, 15) is 9.59 Å². The van der Waals surface area contributed by atoms with Gasteiger partial charge in [0.15, 0.2) is 5.78 Å². The summed E-state index contributed by atoms with van der Waals surface area (Å²) in [5, 5.41) is 1.68. The molecular weight excluding hydrogens is 212 g/mol. The highest BCUT2D eigenvalue weighted by Crippen LogP contribution is 2.02. The zero-order chi connectivity index (χ0) is 10.8. The Balaban J connectivity index is 2.18. The Bertz CT molecular complexity index is 535. The highest BCUT2D eigenvalue weighted by Gasteiger charge is 2.08. The van der Waals surface area contributed by atoms with Crippen molar-refractivity contribution >= 4 is 17.1 Å². The largest absolute Gasteiger partial charge is 0.357 e. The summed E-state index contributed by atoms with van der Waals surface area (Å²) in [5.74, 6) is -0.0453. The van der Waals surface area contributed by atoms with E-state index in [0.29, 0.717) is 5.56 Å². The van der Waals surface area contributed by atoms with Crippen LogP contribution in [0.25, 0.3) is 0 Å². The molecule has 0 saturated carbocycles. The molecule has 2 aromatic heterocycles. The average molecular weight is 222 g/mol.